The summed E-state index contributed by atoms with van der Waals surface area (Å²) < 4.78 is 58.6. The molecule has 4 aromatic carbocycles. The molecule has 1 saturated carbocycles. The van der Waals surface area contributed by atoms with Gasteiger partial charge in [0.15, 0.2) is 41.4 Å². The van der Waals surface area contributed by atoms with Gasteiger partial charge >= 0.3 is 18.1 Å². The van der Waals surface area contributed by atoms with Gasteiger partial charge in [0.1, 0.15) is 24.5 Å². The van der Waals surface area contributed by atoms with Crippen molar-refractivity contribution in [1.29, 1.82) is 0 Å². The summed E-state index contributed by atoms with van der Waals surface area (Å²) in [5, 5.41) is 24.2. The molecule has 434 valence electrons. The van der Waals surface area contributed by atoms with Crippen LogP contribution in [0.4, 0.5) is 26.8 Å². The molecule has 0 saturated heterocycles. The Labute approximate surface area is 479 Å². The van der Waals surface area contributed by atoms with Crippen LogP contribution in [-0.2, 0) is 39.1 Å². The number of pyridine rings is 1. The Balaban J connectivity index is 0.647. The zero-order chi connectivity index (χ0) is 58.4. The Hall–Kier alpha value is -8.90. The van der Waals surface area contributed by atoms with Crippen molar-refractivity contribution in [2.45, 2.75) is 70.6 Å². The predicted molar refractivity (Wildman–Crippen MR) is 307 cm³/mol. The van der Waals surface area contributed by atoms with Crippen LogP contribution in [0, 0.1) is 5.92 Å². The molecular formula is C59H66N11O12S+. The minimum Gasteiger partial charge on any atom is -0.507 e. The van der Waals surface area contributed by atoms with E-state index in [1.807, 2.05) is 37.5 Å². The molecular weight excluding hydrogens is 1090 g/mol. The number of phenolic OH excluding ortho intramolecular Hbond substituents is 1. The average molecular weight is 1150 g/mol. The van der Waals surface area contributed by atoms with Gasteiger partial charge < -0.3 is 48.8 Å². The summed E-state index contributed by atoms with van der Waals surface area (Å²) >= 11 is 0. The van der Waals surface area contributed by atoms with Crippen molar-refractivity contribution in [3.63, 3.8) is 0 Å². The molecule has 1 aliphatic carbocycles. The van der Waals surface area contributed by atoms with E-state index in [0.29, 0.717) is 63.9 Å². The fourth-order valence-corrected chi connectivity index (χ4v) is 11.7. The molecule has 10 rings (SSSR count). The van der Waals surface area contributed by atoms with E-state index in [1.165, 1.54) is 58.6 Å². The van der Waals surface area contributed by atoms with Crippen LogP contribution in [0.25, 0.3) is 33.1 Å². The highest BCUT2D eigenvalue weighted by Crippen LogP contribution is 2.42. The number of fused-ring (bicyclic) bond motifs is 6. The zero-order valence-corrected chi connectivity index (χ0v) is 47.7. The van der Waals surface area contributed by atoms with Crippen LogP contribution in [0.1, 0.15) is 66.4 Å². The smallest absolute Gasteiger partial charge is 0.409 e. The van der Waals surface area contributed by atoms with E-state index in [1.54, 1.807) is 50.6 Å². The average Bonchev–Trinajstić information content (AvgIpc) is 4.39. The number of sulfonamides is 1. The van der Waals surface area contributed by atoms with E-state index in [2.05, 4.69) is 45.8 Å². The Morgan fingerprint density at radius 1 is 0.867 bits per heavy atom. The topological polar surface area (TPSA) is 262 Å². The number of anilines is 1. The van der Waals surface area contributed by atoms with Crippen LogP contribution in [-0.4, -0.2) is 135 Å². The Morgan fingerprint density at radius 3 is 2.39 bits per heavy atom. The van der Waals surface area contributed by atoms with Crippen LogP contribution in [0.3, 0.4) is 0 Å². The van der Waals surface area contributed by atoms with Crippen molar-refractivity contribution >= 4 is 73.0 Å². The van der Waals surface area contributed by atoms with Gasteiger partial charge in [0.2, 0.25) is 22.5 Å². The van der Waals surface area contributed by atoms with Crippen LogP contribution in [0.15, 0.2) is 108 Å². The first-order valence-corrected chi connectivity index (χ1v) is 29.1. The minimum atomic E-state index is -3.28. The number of benzene rings is 4. The summed E-state index contributed by atoms with van der Waals surface area (Å²) in [6.07, 6.45) is 9.48. The van der Waals surface area contributed by atoms with Crippen LogP contribution >= 0.6 is 0 Å². The number of hydrogen-bond acceptors (Lipinski definition) is 17. The van der Waals surface area contributed by atoms with E-state index in [4.69, 9.17) is 23.7 Å². The number of nitrogens with one attached hydrogen (secondary N) is 2. The molecule has 24 heteroatoms. The molecule has 0 atom stereocenters. The highest BCUT2D eigenvalue weighted by Gasteiger charge is 2.31. The predicted octanol–water partition coefficient (Wildman–Crippen LogP) is 8.17. The maximum absolute atomic E-state index is 13.6. The third kappa shape index (κ3) is 13.1. The summed E-state index contributed by atoms with van der Waals surface area (Å²) in [6.45, 7) is 1.55. The monoisotopic (exact) mass is 1150 g/mol. The number of ether oxygens (including phenoxy) is 5. The van der Waals surface area contributed by atoms with Gasteiger partial charge in [-0.15, -0.1) is 0 Å². The van der Waals surface area contributed by atoms with Gasteiger partial charge in [-0.3, -0.25) is 14.2 Å². The van der Waals surface area contributed by atoms with Gasteiger partial charge in [-0.25, -0.2) is 32.7 Å². The molecule has 5 heterocycles. The first kappa shape index (κ1) is 57.3. The summed E-state index contributed by atoms with van der Waals surface area (Å²) in [5.74, 6) is 1.96. The second-order valence-electron chi connectivity index (χ2n) is 20.9. The molecule has 23 nitrogen and oxygen atoms in total. The van der Waals surface area contributed by atoms with Crippen LogP contribution < -0.4 is 38.5 Å². The van der Waals surface area contributed by atoms with Gasteiger partial charge in [-0.05, 0) is 129 Å². The van der Waals surface area contributed by atoms with Gasteiger partial charge in [-0.2, -0.15) is 14.8 Å². The number of phenols is 1. The summed E-state index contributed by atoms with van der Waals surface area (Å²) in [6, 6.07) is 22.7. The molecule has 7 aromatic rings. The maximum Gasteiger partial charge on any atom is 0.409 e. The fraction of sp³-hybridized carbons (Fsp3) is 0.373. The number of rotatable bonds is 20. The number of carbonyl (C=O) groups excluding carboxylic acids is 4. The van der Waals surface area contributed by atoms with Crippen molar-refractivity contribution in [1.82, 2.24) is 34.4 Å². The first-order chi connectivity index (χ1) is 40.1. The van der Waals surface area contributed by atoms with E-state index < -0.39 is 28.0 Å². The quantitative estimate of drug-likeness (QED) is 0.0214. The lowest BCUT2D eigenvalue weighted by atomic mass is 9.86. The van der Waals surface area contributed by atoms with E-state index >= 15 is 0 Å². The van der Waals surface area contributed by atoms with Crippen molar-refractivity contribution in [3.05, 3.63) is 114 Å². The first-order valence-electron chi connectivity index (χ1n) is 27.5. The molecule has 3 amide bonds. The molecule has 3 N–H and O–H groups in total. The Morgan fingerprint density at radius 2 is 1.61 bits per heavy atom. The number of esters is 1. The number of aromatic hydroxyl groups is 1. The highest BCUT2D eigenvalue weighted by molar-refractivity contribution is 7.89. The molecule has 3 aliphatic rings. The normalized spacial score (nSPS) is 15.4. The number of likely N-dealkylation sites (N-methyl/N-ethyl adjacent to an activating group) is 2. The lowest BCUT2D eigenvalue weighted by Crippen LogP contribution is -2.40. The SMILES string of the molecule is CNS(=O)(=O)C[C@H]1CC[C@H](N(C)c2ncnc3c2ccn3C(=O)N(C)CCN(C)C(=O)OCc2ccc(/N=N/c3ccc(O)c(C(=O)NCCCCC(=O)Oc4c(OC)ccc5cc6[n+](cc45)CCc4cc5c(cc4-6)OCO5)c3)cc2)CC1. The molecule has 3 aromatic heterocycles. The number of carbonyl (C=O) groups is 4. The van der Waals surface area contributed by atoms with Crippen LogP contribution in [0.5, 0.6) is 28.7 Å². The lowest BCUT2D eigenvalue weighted by molar-refractivity contribution is -0.686. The maximum atomic E-state index is 13.6. The fourth-order valence-electron chi connectivity index (χ4n) is 10.6. The van der Waals surface area contributed by atoms with Crippen molar-refractivity contribution in [3.8, 4) is 40.0 Å². The van der Waals surface area contributed by atoms with Gasteiger partial charge in [-0.1, -0.05) is 12.1 Å². The third-order valence-electron chi connectivity index (χ3n) is 15.4. The van der Waals surface area contributed by atoms with E-state index in [0.717, 1.165) is 66.4 Å². The third-order valence-corrected chi connectivity index (χ3v) is 17.0. The second kappa shape index (κ2) is 25.1. The number of aryl methyl sites for hydroxylation is 2. The number of aromatic nitrogens is 4. The lowest BCUT2D eigenvalue weighted by Gasteiger charge is -2.35. The molecule has 83 heavy (non-hydrogen) atoms. The highest BCUT2D eigenvalue weighted by atomic mass is 32.2. The number of nitrogens with zero attached hydrogens (tertiary/aromatic N) is 9. The Bertz CT molecular complexity index is 3740. The number of hydrogen-bond donors (Lipinski definition) is 3. The van der Waals surface area contributed by atoms with E-state index in [-0.39, 0.29) is 74.5 Å². The molecule has 2 aliphatic heterocycles. The van der Waals surface area contributed by atoms with E-state index in [9.17, 15) is 32.7 Å². The molecule has 0 bridgehead atoms. The number of azo groups is 1. The molecule has 1 fully saturated rings. The summed E-state index contributed by atoms with van der Waals surface area (Å²) in [5.41, 5.74) is 5.23. The van der Waals surface area contributed by atoms with Crippen LogP contribution in [0.2, 0.25) is 0 Å². The standard InChI is InChI=1S/C59H65N11O12S/c1-60-83(76,77)34-38-11-17-43(18-12-38)68(4)55-44-22-25-70(56(44)63-35-62-55)58(74)66(2)26-27-67(3)59(75)79-33-37-9-14-41(15-10-37)64-65-42-16-19-49(71)46(30-42)57(73)61-23-7-6-8-53(72)82-54-47-32-69-24-21-40-29-51-52(81-36-80-51)31-45(40)48(69)28-39(47)13-20-50(54)78-5/h9-10,13-16,19-20,22,25,28-32,35,38,43,60H,6-8,11-12,17-18,21,23-24,26-27,33-34,36H2,1-5H3,(H-,61,64,71,73)/p+1/t38-,43-. The number of amides is 3. The molecule has 0 spiro atoms. The van der Waals surface area contributed by atoms with Crippen molar-refractivity contribution < 1.29 is 61.0 Å². The van der Waals surface area contributed by atoms with Crippen molar-refractivity contribution in [2.75, 3.05) is 72.4 Å². The largest absolute Gasteiger partial charge is 0.507 e. The Kier molecular flexibility index (Phi) is 17.3. The van der Waals surface area contributed by atoms with Crippen molar-refractivity contribution in [2.24, 2.45) is 16.1 Å². The second-order valence-corrected chi connectivity index (χ2v) is 22.9. The minimum absolute atomic E-state index is 0.0107. The number of methoxy groups -OCH3 is 1. The molecule has 0 unspecified atom stereocenters. The summed E-state index contributed by atoms with van der Waals surface area (Å²) in [7, 11) is 4.88. The number of unbranched alkanes of at least 4 members (excludes halogenated alkanes) is 1. The van der Waals surface area contributed by atoms with Gasteiger partial charge in [0.25, 0.3) is 5.91 Å². The van der Waals surface area contributed by atoms with Gasteiger partial charge in [0.05, 0.1) is 46.1 Å². The summed E-state index contributed by atoms with van der Waals surface area (Å²) in [4.78, 5) is 67.0. The van der Waals surface area contributed by atoms with Gasteiger partial charge in [0, 0.05) is 71.9 Å². The zero-order valence-electron chi connectivity index (χ0n) is 46.9. The molecule has 0 radical (unpaired) electrons.